The van der Waals surface area contributed by atoms with E-state index in [1.807, 2.05) is 0 Å². The zero-order valence-electron chi connectivity index (χ0n) is 11.0. The molecular formula is C13H10F3N3O3. The van der Waals surface area contributed by atoms with Gasteiger partial charge in [0.15, 0.2) is 0 Å². The standard InChI is InChI=1S/C13H10F3N3O3/c14-13(15,16)11-4-8(7-17)5-12(18-11)22-10-3-1-2-9(6-10)19(20)21/h1-6H,7,17H2. The third kappa shape index (κ3) is 3.70. The number of hydrogen-bond donors (Lipinski definition) is 1. The summed E-state index contributed by atoms with van der Waals surface area (Å²) in [7, 11) is 0. The van der Waals surface area contributed by atoms with E-state index < -0.39 is 16.8 Å². The maximum absolute atomic E-state index is 12.7. The third-order valence-electron chi connectivity index (χ3n) is 2.64. The zero-order valence-corrected chi connectivity index (χ0v) is 11.0. The molecule has 6 nitrogen and oxygen atoms in total. The molecule has 2 N–H and O–H groups in total. The van der Waals surface area contributed by atoms with Crippen molar-refractivity contribution in [2.24, 2.45) is 5.73 Å². The molecule has 116 valence electrons. The highest BCUT2D eigenvalue weighted by Crippen LogP contribution is 2.31. The summed E-state index contributed by atoms with van der Waals surface area (Å²) in [4.78, 5) is 13.4. The molecule has 2 rings (SSSR count). The lowest BCUT2D eigenvalue weighted by atomic mass is 10.2. The fourth-order valence-electron chi connectivity index (χ4n) is 1.66. The van der Waals surface area contributed by atoms with Gasteiger partial charge in [0.1, 0.15) is 11.4 Å². The van der Waals surface area contributed by atoms with Crippen LogP contribution in [0.25, 0.3) is 0 Å². The molecule has 0 aliphatic rings. The monoisotopic (exact) mass is 313 g/mol. The van der Waals surface area contributed by atoms with Crippen molar-refractivity contribution >= 4 is 5.69 Å². The van der Waals surface area contributed by atoms with Crippen molar-refractivity contribution in [1.29, 1.82) is 0 Å². The number of halogens is 3. The van der Waals surface area contributed by atoms with Gasteiger partial charge in [0.25, 0.3) is 5.69 Å². The van der Waals surface area contributed by atoms with Gasteiger partial charge >= 0.3 is 6.18 Å². The van der Waals surface area contributed by atoms with Crippen LogP contribution in [0.5, 0.6) is 11.6 Å². The Labute approximate surface area is 122 Å². The molecule has 0 aliphatic carbocycles. The molecule has 0 saturated carbocycles. The summed E-state index contributed by atoms with van der Waals surface area (Å²) in [6.45, 7) is -0.128. The van der Waals surface area contributed by atoms with Crippen LogP contribution >= 0.6 is 0 Å². The molecule has 0 atom stereocenters. The summed E-state index contributed by atoms with van der Waals surface area (Å²) in [6.07, 6.45) is -4.65. The van der Waals surface area contributed by atoms with E-state index in [0.717, 1.165) is 12.1 Å². The van der Waals surface area contributed by atoms with Crippen LogP contribution in [0.4, 0.5) is 18.9 Å². The predicted octanol–water partition coefficient (Wildman–Crippen LogP) is 3.26. The first-order valence-corrected chi connectivity index (χ1v) is 6.00. The highest BCUT2D eigenvalue weighted by molar-refractivity contribution is 5.40. The molecule has 9 heteroatoms. The van der Waals surface area contributed by atoms with Crippen LogP contribution in [-0.4, -0.2) is 9.91 Å². The van der Waals surface area contributed by atoms with E-state index in [4.69, 9.17) is 10.5 Å². The third-order valence-corrected chi connectivity index (χ3v) is 2.64. The summed E-state index contributed by atoms with van der Waals surface area (Å²) in [5.74, 6) is -0.334. The minimum atomic E-state index is -4.65. The number of nitro benzene ring substituents is 1. The van der Waals surface area contributed by atoms with Crippen LogP contribution in [0.3, 0.4) is 0 Å². The lowest BCUT2D eigenvalue weighted by molar-refractivity contribution is -0.384. The zero-order chi connectivity index (χ0) is 16.3. The number of nitrogens with zero attached hydrogens (tertiary/aromatic N) is 2. The lowest BCUT2D eigenvalue weighted by Crippen LogP contribution is -2.10. The van der Waals surface area contributed by atoms with E-state index in [0.29, 0.717) is 0 Å². The van der Waals surface area contributed by atoms with Crippen molar-refractivity contribution in [1.82, 2.24) is 4.98 Å². The number of ether oxygens (including phenoxy) is 1. The fraction of sp³-hybridized carbons (Fsp3) is 0.154. The van der Waals surface area contributed by atoms with Gasteiger partial charge < -0.3 is 10.5 Å². The molecule has 0 aliphatic heterocycles. The number of aromatic nitrogens is 1. The molecule has 0 radical (unpaired) electrons. The lowest BCUT2D eigenvalue weighted by Gasteiger charge is -2.11. The van der Waals surface area contributed by atoms with Crippen molar-refractivity contribution in [2.75, 3.05) is 0 Å². The van der Waals surface area contributed by atoms with Crippen LogP contribution in [-0.2, 0) is 12.7 Å². The maximum atomic E-state index is 12.7. The van der Waals surface area contributed by atoms with E-state index in [1.165, 1.54) is 24.3 Å². The number of benzene rings is 1. The number of alkyl halides is 3. The van der Waals surface area contributed by atoms with Gasteiger partial charge in [-0.05, 0) is 17.7 Å². The SMILES string of the molecule is NCc1cc(Oc2cccc([N+](=O)[O-])c2)nc(C(F)(F)F)c1. The number of rotatable bonds is 4. The fourth-order valence-corrected chi connectivity index (χ4v) is 1.66. The first-order valence-electron chi connectivity index (χ1n) is 6.00. The Bertz CT molecular complexity index is 704. The molecular weight excluding hydrogens is 303 g/mol. The van der Waals surface area contributed by atoms with Gasteiger partial charge in [0.05, 0.1) is 11.0 Å². The molecule has 0 fully saturated rings. The topological polar surface area (TPSA) is 91.3 Å². The van der Waals surface area contributed by atoms with Crippen molar-refractivity contribution in [3.8, 4) is 11.6 Å². The number of nitro groups is 1. The molecule has 1 heterocycles. The first kappa shape index (κ1) is 15.7. The van der Waals surface area contributed by atoms with Gasteiger partial charge in [-0.15, -0.1) is 0 Å². The summed E-state index contributed by atoms with van der Waals surface area (Å²) < 4.78 is 43.4. The Morgan fingerprint density at radius 2 is 2.00 bits per heavy atom. The predicted molar refractivity (Wildman–Crippen MR) is 70.3 cm³/mol. The highest BCUT2D eigenvalue weighted by atomic mass is 19.4. The molecule has 1 aromatic carbocycles. The van der Waals surface area contributed by atoms with Crippen molar-refractivity contribution < 1.29 is 22.8 Å². The second-order valence-electron chi connectivity index (χ2n) is 4.26. The van der Waals surface area contributed by atoms with Crippen molar-refractivity contribution in [3.05, 3.63) is 57.8 Å². The summed E-state index contributed by atoms with van der Waals surface area (Å²) in [6, 6.07) is 7.11. The number of nitrogens with two attached hydrogens (primary N) is 1. The molecule has 0 unspecified atom stereocenters. The van der Waals surface area contributed by atoms with Gasteiger partial charge in [-0.3, -0.25) is 10.1 Å². The number of pyridine rings is 1. The molecule has 0 amide bonds. The van der Waals surface area contributed by atoms with Crippen LogP contribution < -0.4 is 10.5 Å². The van der Waals surface area contributed by atoms with Crippen molar-refractivity contribution in [3.63, 3.8) is 0 Å². The van der Waals surface area contributed by atoms with Crippen LogP contribution in [0.2, 0.25) is 0 Å². The van der Waals surface area contributed by atoms with E-state index in [9.17, 15) is 23.3 Å². The second kappa shape index (κ2) is 5.98. The average molecular weight is 313 g/mol. The first-order chi connectivity index (χ1) is 10.3. The molecule has 0 spiro atoms. The van der Waals surface area contributed by atoms with E-state index in [1.54, 1.807) is 0 Å². The Morgan fingerprint density at radius 3 is 2.59 bits per heavy atom. The smallest absolute Gasteiger partial charge is 0.433 e. The Hall–Kier alpha value is -2.68. The normalized spacial score (nSPS) is 11.3. The molecule has 0 saturated heterocycles. The molecule has 2 aromatic rings. The van der Waals surface area contributed by atoms with Gasteiger partial charge in [-0.25, -0.2) is 4.98 Å². The largest absolute Gasteiger partial charge is 0.439 e. The Kier molecular flexibility index (Phi) is 4.27. The average Bonchev–Trinajstić information content (AvgIpc) is 2.46. The Balaban J connectivity index is 2.37. The van der Waals surface area contributed by atoms with Gasteiger partial charge in [-0.2, -0.15) is 13.2 Å². The van der Waals surface area contributed by atoms with Crippen molar-refractivity contribution in [2.45, 2.75) is 12.7 Å². The van der Waals surface area contributed by atoms with Gasteiger partial charge in [0.2, 0.25) is 5.88 Å². The molecule has 0 bridgehead atoms. The summed E-state index contributed by atoms with van der Waals surface area (Å²) >= 11 is 0. The van der Waals surface area contributed by atoms with E-state index in [2.05, 4.69) is 4.98 Å². The highest BCUT2D eigenvalue weighted by Gasteiger charge is 2.33. The number of non-ortho nitro benzene ring substituents is 1. The second-order valence-corrected chi connectivity index (χ2v) is 4.26. The summed E-state index contributed by atoms with van der Waals surface area (Å²) in [5.41, 5.74) is 4.14. The number of hydrogen-bond acceptors (Lipinski definition) is 5. The Morgan fingerprint density at radius 1 is 1.27 bits per heavy atom. The molecule has 1 aromatic heterocycles. The quantitative estimate of drug-likeness (QED) is 0.691. The van der Waals surface area contributed by atoms with E-state index >= 15 is 0 Å². The minimum Gasteiger partial charge on any atom is -0.439 e. The van der Waals surface area contributed by atoms with Gasteiger partial charge in [-0.1, -0.05) is 6.07 Å². The van der Waals surface area contributed by atoms with E-state index in [-0.39, 0.29) is 29.4 Å². The summed E-state index contributed by atoms with van der Waals surface area (Å²) in [5, 5.41) is 10.7. The van der Waals surface area contributed by atoms with Crippen LogP contribution in [0.1, 0.15) is 11.3 Å². The van der Waals surface area contributed by atoms with Crippen LogP contribution in [0.15, 0.2) is 36.4 Å². The van der Waals surface area contributed by atoms with Gasteiger partial charge in [0, 0.05) is 18.7 Å². The minimum absolute atomic E-state index is 0.00370. The maximum Gasteiger partial charge on any atom is 0.433 e. The van der Waals surface area contributed by atoms with Crippen LogP contribution in [0, 0.1) is 10.1 Å². The molecule has 22 heavy (non-hydrogen) atoms.